The molecule has 0 radical (unpaired) electrons. The highest BCUT2D eigenvalue weighted by molar-refractivity contribution is 7.99. The fraction of sp³-hybridized carbons (Fsp3) is 0.250. The van der Waals surface area contributed by atoms with Crippen LogP contribution in [0.3, 0.4) is 0 Å². The van der Waals surface area contributed by atoms with Crippen molar-refractivity contribution in [2.45, 2.75) is 9.79 Å². The lowest BCUT2D eigenvalue weighted by atomic mass is 10.3. The molecule has 0 amide bonds. The van der Waals surface area contributed by atoms with Crippen LogP contribution in [-0.2, 0) is 18.9 Å². The van der Waals surface area contributed by atoms with Crippen LogP contribution in [0, 0.1) is 5.82 Å². The van der Waals surface area contributed by atoms with Crippen molar-refractivity contribution in [3.8, 4) is 0 Å². The van der Waals surface area contributed by atoms with Gasteiger partial charge in [-0.15, -0.1) is 11.8 Å². The van der Waals surface area contributed by atoms with Gasteiger partial charge in [0.25, 0.3) is 6.35 Å². The van der Waals surface area contributed by atoms with E-state index in [2.05, 4.69) is 4.18 Å². The van der Waals surface area contributed by atoms with E-state index in [4.69, 9.17) is 4.89 Å². The Hall–Kier alpha value is -0.530. The monoisotopic (exact) mass is 299 g/mol. The largest absolute Gasteiger partial charge is 0.535 e. The van der Waals surface area contributed by atoms with Crippen molar-refractivity contribution in [1.29, 1.82) is 0 Å². The first-order valence-electron chi connectivity index (χ1n) is 4.24. The van der Waals surface area contributed by atoms with E-state index in [0.717, 1.165) is 17.8 Å². The SMILES string of the molecule is CSc1cccc(F)c1S(=O)(=O)OC[P+](=O)O. The lowest BCUT2D eigenvalue weighted by Crippen LogP contribution is -2.09. The maximum absolute atomic E-state index is 13.4. The summed E-state index contributed by atoms with van der Waals surface area (Å²) in [5.41, 5.74) is 0. The van der Waals surface area contributed by atoms with Crippen LogP contribution in [0.1, 0.15) is 0 Å². The van der Waals surface area contributed by atoms with E-state index in [1.807, 2.05) is 0 Å². The number of hydrogen-bond acceptors (Lipinski definition) is 5. The Bertz CT molecular complexity index is 531. The highest BCUT2D eigenvalue weighted by Crippen LogP contribution is 2.29. The zero-order valence-corrected chi connectivity index (χ0v) is 11.2. The number of benzene rings is 1. The third-order valence-electron chi connectivity index (χ3n) is 1.72. The van der Waals surface area contributed by atoms with E-state index in [-0.39, 0.29) is 4.90 Å². The summed E-state index contributed by atoms with van der Waals surface area (Å²) in [6.45, 7) is 0. The molecule has 1 unspecified atom stereocenters. The highest BCUT2D eigenvalue weighted by Gasteiger charge is 2.27. The van der Waals surface area contributed by atoms with Crippen LogP contribution in [0.2, 0.25) is 0 Å². The molecule has 0 saturated heterocycles. The van der Waals surface area contributed by atoms with Gasteiger partial charge in [-0.05, 0) is 23.0 Å². The van der Waals surface area contributed by atoms with Crippen LogP contribution in [0.25, 0.3) is 0 Å². The second-order valence-electron chi connectivity index (χ2n) is 2.82. The van der Waals surface area contributed by atoms with Gasteiger partial charge in [0.2, 0.25) is 0 Å². The summed E-state index contributed by atoms with van der Waals surface area (Å²) in [6.07, 6.45) is 0.695. The van der Waals surface area contributed by atoms with E-state index < -0.39 is 35.2 Å². The summed E-state index contributed by atoms with van der Waals surface area (Å²) in [5, 5.41) is 0. The summed E-state index contributed by atoms with van der Waals surface area (Å²) in [7, 11) is -7.13. The quantitative estimate of drug-likeness (QED) is 0.508. The van der Waals surface area contributed by atoms with Crippen molar-refractivity contribution in [1.82, 2.24) is 0 Å². The first-order valence-corrected chi connectivity index (χ1v) is 8.27. The smallest absolute Gasteiger partial charge is 0.213 e. The molecule has 5 nitrogen and oxygen atoms in total. The molecule has 0 aliphatic rings. The number of halogens is 1. The number of hydrogen-bond donors (Lipinski definition) is 1. The molecule has 1 rings (SSSR count). The Balaban J connectivity index is 3.18. The molecule has 0 saturated carbocycles. The molecule has 1 N–H and O–H groups in total. The molecule has 0 heterocycles. The third kappa shape index (κ3) is 3.72. The van der Waals surface area contributed by atoms with Crippen LogP contribution >= 0.6 is 19.8 Å². The molecule has 9 heteroatoms. The van der Waals surface area contributed by atoms with Crippen molar-refractivity contribution >= 4 is 29.9 Å². The summed E-state index contributed by atoms with van der Waals surface area (Å²) in [5.74, 6) is -0.954. The molecular weight excluding hydrogens is 290 g/mol. The van der Waals surface area contributed by atoms with Crippen molar-refractivity contribution in [3.05, 3.63) is 24.0 Å². The molecule has 0 fully saturated rings. The molecule has 0 aromatic heterocycles. The topological polar surface area (TPSA) is 80.7 Å². The van der Waals surface area contributed by atoms with Gasteiger partial charge < -0.3 is 0 Å². The van der Waals surface area contributed by atoms with E-state index in [9.17, 15) is 17.4 Å². The predicted molar refractivity (Wildman–Crippen MR) is 61.1 cm³/mol. The van der Waals surface area contributed by atoms with Crippen LogP contribution < -0.4 is 0 Å². The Morgan fingerprint density at radius 1 is 1.53 bits per heavy atom. The van der Waals surface area contributed by atoms with Gasteiger partial charge in [-0.2, -0.15) is 13.3 Å². The fourth-order valence-electron chi connectivity index (χ4n) is 1.07. The van der Waals surface area contributed by atoms with Crippen molar-refractivity contribution in [2.24, 2.45) is 0 Å². The van der Waals surface area contributed by atoms with Crippen LogP contribution in [0.15, 0.2) is 28.0 Å². The van der Waals surface area contributed by atoms with Gasteiger partial charge in [0.1, 0.15) is 10.7 Å². The van der Waals surface area contributed by atoms with Gasteiger partial charge in [0.15, 0.2) is 0 Å². The number of rotatable bonds is 5. The second kappa shape index (κ2) is 5.88. The van der Waals surface area contributed by atoms with Crippen LogP contribution in [0.5, 0.6) is 0 Å². The fourth-order valence-corrected chi connectivity index (χ4v) is 3.77. The van der Waals surface area contributed by atoms with Gasteiger partial charge in [-0.25, -0.2) is 8.57 Å². The van der Waals surface area contributed by atoms with Gasteiger partial charge in [-0.1, -0.05) is 6.07 Å². The summed E-state index contributed by atoms with van der Waals surface area (Å²) in [6, 6.07) is 3.77. The minimum absolute atomic E-state index is 0.179. The Morgan fingerprint density at radius 3 is 2.71 bits per heavy atom. The molecule has 0 bridgehead atoms. The Kier molecular flexibility index (Phi) is 5.03. The molecule has 0 aliphatic carbocycles. The normalized spacial score (nSPS) is 12.5. The Labute approximate surface area is 103 Å². The lowest BCUT2D eigenvalue weighted by molar-refractivity contribution is 0.351. The first-order chi connectivity index (χ1) is 7.88. The molecule has 17 heavy (non-hydrogen) atoms. The minimum Gasteiger partial charge on any atom is -0.213 e. The average molecular weight is 299 g/mol. The van der Waals surface area contributed by atoms with Crippen LogP contribution in [0.4, 0.5) is 4.39 Å². The molecule has 94 valence electrons. The summed E-state index contributed by atoms with van der Waals surface area (Å²) in [4.78, 5) is 8.05. The molecular formula is C8H9FO5PS2+. The summed E-state index contributed by atoms with van der Waals surface area (Å²) < 4.78 is 51.4. The van der Waals surface area contributed by atoms with E-state index >= 15 is 0 Å². The van der Waals surface area contributed by atoms with Crippen molar-refractivity contribution in [3.63, 3.8) is 0 Å². The average Bonchev–Trinajstić information content (AvgIpc) is 2.25. The van der Waals surface area contributed by atoms with Crippen molar-refractivity contribution in [2.75, 3.05) is 12.6 Å². The van der Waals surface area contributed by atoms with Gasteiger partial charge in [0.05, 0.1) is 0 Å². The minimum atomic E-state index is -4.37. The third-order valence-corrected chi connectivity index (χ3v) is 4.50. The van der Waals surface area contributed by atoms with E-state index in [1.54, 1.807) is 6.26 Å². The standard InChI is InChI=1S/C8H8FO5PS2/c1-16-7-4-2-3-6(9)8(7)17(12,13)14-5-15(10)11/h2-4H,5H2,1H3/p+1. The second-order valence-corrected chi connectivity index (χ2v) is 6.19. The van der Waals surface area contributed by atoms with Gasteiger partial charge in [0, 0.05) is 4.90 Å². The molecule has 0 spiro atoms. The van der Waals surface area contributed by atoms with Crippen LogP contribution in [-0.4, -0.2) is 25.9 Å². The lowest BCUT2D eigenvalue weighted by Gasteiger charge is -2.07. The van der Waals surface area contributed by atoms with Crippen molar-refractivity contribution < 1.29 is 26.4 Å². The highest BCUT2D eigenvalue weighted by atomic mass is 32.2. The molecule has 1 atom stereocenters. The maximum atomic E-state index is 13.4. The zero-order valence-electron chi connectivity index (χ0n) is 8.66. The van der Waals surface area contributed by atoms with E-state index in [0.29, 0.717) is 0 Å². The number of thioether (sulfide) groups is 1. The molecule has 1 aromatic rings. The predicted octanol–water partition coefficient (Wildman–Crippen LogP) is 1.95. The first kappa shape index (κ1) is 14.5. The summed E-state index contributed by atoms with van der Waals surface area (Å²) >= 11 is 1.04. The zero-order chi connectivity index (χ0) is 13.1. The molecule has 1 aromatic carbocycles. The van der Waals surface area contributed by atoms with Gasteiger partial charge in [-0.3, -0.25) is 0 Å². The maximum Gasteiger partial charge on any atom is 0.535 e. The van der Waals surface area contributed by atoms with Gasteiger partial charge >= 0.3 is 18.1 Å². The Morgan fingerprint density at radius 2 is 2.18 bits per heavy atom. The van der Waals surface area contributed by atoms with E-state index in [1.165, 1.54) is 12.1 Å². The molecule has 0 aliphatic heterocycles.